The molecule has 4 aromatic rings. The van der Waals surface area contributed by atoms with E-state index in [0.717, 1.165) is 11.3 Å². The molecule has 0 bridgehead atoms. The van der Waals surface area contributed by atoms with Crippen molar-refractivity contribution in [3.8, 4) is 17.0 Å². The molecule has 0 amide bonds. The van der Waals surface area contributed by atoms with Gasteiger partial charge in [0.05, 0.1) is 25.5 Å². The van der Waals surface area contributed by atoms with E-state index in [1.54, 1.807) is 31.6 Å². The predicted molar refractivity (Wildman–Crippen MR) is 110 cm³/mol. The van der Waals surface area contributed by atoms with Gasteiger partial charge in [-0.25, -0.2) is 4.79 Å². The quantitative estimate of drug-likeness (QED) is 0.417. The highest BCUT2D eigenvalue weighted by atomic mass is 16.5. The predicted octanol–water partition coefficient (Wildman–Crippen LogP) is 4.91. The maximum Gasteiger partial charge on any atom is 0.340 e. The van der Waals surface area contributed by atoms with Gasteiger partial charge in [-0.05, 0) is 36.4 Å². The molecule has 7 nitrogen and oxygen atoms in total. The Balaban J connectivity index is 1.41. The van der Waals surface area contributed by atoms with Crippen molar-refractivity contribution < 1.29 is 23.2 Å². The molecular weight excluding hydrogens is 384 g/mol. The third-order valence-electron chi connectivity index (χ3n) is 4.47. The molecule has 0 aliphatic carbocycles. The maximum absolute atomic E-state index is 12.6. The molecule has 0 radical (unpaired) electrons. The molecule has 0 fully saturated rings. The molecular formula is C23H20N2O5. The van der Waals surface area contributed by atoms with Crippen molar-refractivity contribution in [3.63, 3.8) is 0 Å². The van der Waals surface area contributed by atoms with Crippen LogP contribution in [0.25, 0.3) is 11.3 Å². The van der Waals surface area contributed by atoms with E-state index in [2.05, 4.69) is 10.5 Å². The molecule has 2 aromatic heterocycles. The van der Waals surface area contributed by atoms with E-state index in [0.29, 0.717) is 35.0 Å². The minimum Gasteiger partial charge on any atom is -0.496 e. The van der Waals surface area contributed by atoms with Crippen LogP contribution in [0.4, 0.5) is 5.69 Å². The normalized spacial score (nSPS) is 10.6. The van der Waals surface area contributed by atoms with Crippen molar-refractivity contribution in [1.29, 1.82) is 0 Å². The van der Waals surface area contributed by atoms with Gasteiger partial charge in [0.1, 0.15) is 17.2 Å². The standard InChI is InChI=1S/C23H20N2O5/c1-27-22-11-5-3-8-18(22)21-13-17(30-25-21)15-29-23(26)19-9-2-4-10-20(19)24-14-16-7-6-12-28-16/h2-13,24H,14-15H2,1H3. The van der Waals surface area contributed by atoms with Gasteiger partial charge in [-0.3, -0.25) is 0 Å². The zero-order chi connectivity index (χ0) is 20.8. The van der Waals surface area contributed by atoms with E-state index in [9.17, 15) is 4.79 Å². The molecule has 0 aliphatic heterocycles. The third kappa shape index (κ3) is 4.35. The van der Waals surface area contributed by atoms with Gasteiger partial charge in [0, 0.05) is 17.3 Å². The number of hydrogen-bond acceptors (Lipinski definition) is 7. The Morgan fingerprint density at radius 1 is 1.03 bits per heavy atom. The SMILES string of the molecule is COc1ccccc1-c1cc(COC(=O)c2ccccc2NCc2ccco2)on1. The lowest BCUT2D eigenvalue weighted by Gasteiger charge is -2.10. The number of nitrogens with one attached hydrogen (secondary N) is 1. The number of methoxy groups -OCH3 is 1. The van der Waals surface area contributed by atoms with Crippen LogP contribution in [0, 0.1) is 0 Å². The largest absolute Gasteiger partial charge is 0.496 e. The first-order valence-electron chi connectivity index (χ1n) is 9.36. The Labute approximate surface area is 173 Å². The molecule has 0 spiro atoms. The molecule has 4 rings (SSSR count). The molecule has 0 atom stereocenters. The second-order valence-corrected chi connectivity index (χ2v) is 6.43. The summed E-state index contributed by atoms with van der Waals surface area (Å²) in [6.45, 7) is 0.426. The fourth-order valence-corrected chi connectivity index (χ4v) is 2.99. The number of carbonyl (C=O) groups is 1. The molecule has 0 aliphatic rings. The number of nitrogens with zero attached hydrogens (tertiary/aromatic N) is 1. The Bertz CT molecular complexity index is 1120. The Morgan fingerprint density at radius 2 is 1.87 bits per heavy atom. The summed E-state index contributed by atoms with van der Waals surface area (Å²) >= 11 is 0. The van der Waals surface area contributed by atoms with Gasteiger partial charge >= 0.3 is 5.97 Å². The number of ether oxygens (including phenoxy) is 2. The second-order valence-electron chi connectivity index (χ2n) is 6.43. The van der Waals surface area contributed by atoms with Crippen molar-refractivity contribution in [1.82, 2.24) is 5.16 Å². The first-order chi connectivity index (χ1) is 14.7. The van der Waals surface area contributed by atoms with Crippen molar-refractivity contribution in [3.05, 3.63) is 90.1 Å². The summed E-state index contributed by atoms with van der Waals surface area (Å²) in [5, 5.41) is 7.24. The number of hydrogen-bond donors (Lipinski definition) is 1. The van der Waals surface area contributed by atoms with Gasteiger partial charge in [0.2, 0.25) is 0 Å². The summed E-state index contributed by atoms with van der Waals surface area (Å²) in [5.74, 6) is 1.42. The van der Waals surface area contributed by atoms with Crippen LogP contribution in [-0.2, 0) is 17.9 Å². The summed E-state index contributed by atoms with van der Waals surface area (Å²) in [6.07, 6.45) is 1.61. The van der Waals surface area contributed by atoms with Crippen LogP contribution in [0.5, 0.6) is 5.75 Å². The second kappa shape index (κ2) is 9.00. The smallest absolute Gasteiger partial charge is 0.340 e. The number of para-hydroxylation sites is 2. The molecule has 0 saturated carbocycles. The molecule has 30 heavy (non-hydrogen) atoms. The number of furan rings is 1. The highest BCUT2D eigenvalue weighted by molar-refractivity contribution is 5.95. The van der Waals surface area contributed by atoms with Crippen molar-refractivity contribution in [2.45, 2.75) is 13.2 Å². The minimum absolute atomic E-state index is 0.0342. The van der Waals surface area contributed by atoms with Crippen molar-refractivity contribution in [2.24, 2.45) is 0 Å². The minimum atomic E-state index is -0.465. The summed E-state index contributed by atoms with van der Waals surface area (Å²) in [5.41, 5.74) is 2.49. The van der Waals surface area contributed by atoms with Crippen LogP contribution < -0.4 is 10.1 Å². The lowest BCUT2D eigenvalue weighted by atomic mass is 10.1. The number of anilines is 1. The number of benzene rings is 2. The zero-order valence-electron chi connectivity index (χ0n) is 16.3. The fourth-order valence-electron chi connectivity index (χ4n) is 2.99. The topological polar surface area (TPSA) is 86.7 Å². The molecule has 0 saturated heterocycles. The number of carbonyl (C=O) groups excluding carboxylic acids is 1. The summed E-state index contributed by atoms with van der Waals surface area (Å²) in [4.78, 5) is 12.6. The number of rotatable bonds is 8. The van der Waals surface area contributed by atoms with E-state index in [1.807, 2.05) is 48.5 Å². The Kier molecular flexibility index (Phi) is 5.80. The van der Waals surface area contributed by atoms with Gasteiger partial charge in [-0.1, -0.05) is 29.4 Å². The first kappa shape index (κ1) is 19.3. The third-order valence-corrected chi connectivity index (χ3v) is 4.47. The van der Waals surface area contributed by atoms with Crippen LogP contribution >= 0.6 is 0 Å². The van der Waals surface area contributed by atoms with Crippen LogP contribution in [0.3, 0.4) is 0 Å². The van der Waals surface area contributed by atoms with Gasteiger partial charge in [0.25, 0.3) is 0 Å². The van der Waals surface area contributed by atoms with Gasteiger partial charge in [-0.15, -0.1) is 0 Å². The van der Waals surface area contributed by atoms with E-state index in [-0.39, 0.29) is 6.61 Å². The van der Waals surface area contributed by atoms with E-state index >= 15 is 0 Å². The van der Waals surface area contributed by atoms with Crippen LogP contribution in [-0.4, -0.2) is 18.2 Å². The monoisotopic (exact) mass is 404 g/mol. The zero-order valence-corrected chi connectivity index (χ0v) is 16.3. The lowest BCUT2D eigenvalue weighted by molar-refractivity contribution is 0.0438. The van der Waals surface area contributed by atoms with E-state index in [1.165, 1.54) is 0 Å². The van der Waals surface area contributed by atoms with Crippen LogP contribution in [0.2, 0.25) is 0 Å². The van der Waals surface area contributed by atoms with Gasteiger partial charge in [0.15, 0.2) is 12.4 Å². The Morgan fingerprint density at radius 3 is 2.70 bits per heavy atom. The molecule has 7 heteroatoms. The molecule has 0 unspecified atom stereocenters. The highest BCUT2D eigenvalue weighted by Gasteiger charge is 2.16. The average molecular weight is 404 g/mol. The van der Waals surface area contributed by atoms with Gasteiger partial charge in [-0.2, -0.15) is 0 Å². The number of aromatic nitrogens is 1. The molecule has 1 N–H and O–H groups in total. The first-order valence-corrected chi connectivity index (χ1v) is 9.36. The lowest BCUT2D eigenvalue weighted by Crippen LogP contribution is -2.09. The molecule has 152 valence electrons. The van der Waals surface area contributed by atoms with E-state index in [4.69, 9.17) is 18.4 Å². The average Bonchev–Trinajstić information content (AvgIpc) is 3.48. The fraction of sp³-hybridized carbons (Fsp3) is 0.130. The van der Waals surface area contributed by atoms with Gasteiger partial charge < -0.3 is 23.7 Å². The summed E-state index contributed by atoms with van der Waals surface area (Å²) in [6, 6.07) is 20.0. The highest BCUT2D eigenvalue weighted by Crippen LogP contribution is 2.29. The molecule has 2 heterocycles. The van der Waals surface area contributed by atoms with E-state index < -0.39 is 5.97 Å². The van der Waals surface area contributed by atoms with Crippen molar-refractivity contribution >= 4 is 11.7 Å². The van der Waals surface area contributed by atoms with Crippen LogP contribution in [0.1, 0.15) is 21.9 Å². The Hall–Kier alpha value is -4.00. The summed E-state index contributed by atoms with van der Waals surface area (Å²) < 4.78 is 21.4. The number of esters is 1. The molecule has 2 aromatic carbocycles. The van der Waals surface area contributed by atoms with Crippen LogP contribution in [0.15, 0.2) is 81.9 Å². The maximum atomic E-state index is 12.6. The summed E-state index contributed by atoms with van der Waals surface area (Å²) in [7, 11) is 1.60. The van der Waals surface area contributed by atoms with Crippen molar-refractivity contribution in [2.75, 3.05) is 12.4 Å².